The van der Waals surface area contributed by atoms with Gasteiger partial charge in [0.05, 0.1) is 0 Å². The third-order valence-electron chi connectivity index (χ3n) is 2.95. The number of primary amides is 1. The van der Waals surface area contributed by atoms with Crippen LogP contribution in [0.4, 0.5) is 5.82 Å². The number of hydrogen-bond acceptors (Lipinski definition) is 6. The summed E-state index contributed by atoms with van der Waals surface area (Å²) >= 11 is 0. The number of carboxylic acids is 1. The van der Waals surface area contributed by atoms with Crippen LogP contribution in [0.15, 0.2) is 12.1 Å². The zero-order chi connectivity index (χ0) is 13.3. The lowest BCUT2D eigenvalue weighted by molar-refractivity contribution is -0.142. The molecule has 1 aliphatic heterocycles. The smallest absolute Gasteiger partial charge is 0.325 e. The van der Waals surface area contributed by atoms with Crippen molar-refractivity contribution >= 4 is 17.7 Å². The number of rotatable bonds is 3. The van der Waals surface area contributed by atoms with Crippen molar-refractivity contribution in [1.82, 2.24) is 10.2 Å². The number of nitrogens with two attached hydrogens (primary N) is 2. The highest BCUT2D eigenvalue weighted by Gasteiger charge is 2.41. The molecule has 0 radical (unpaired) electrons. The Kier molecular flexibility index (Phi) is 2.87. The van der Waals surface area contributed by atoms with E-state index in [2.05, 4.69) is 10.2 Å². The Morgan fingerprint density at radius 1 is 1.39 bits per heavy atom. The van der Waals surface area contributed by atoms with Crippen molar-refractivity contribution in [3.63, 3.8) is 0 Å². The number of amides is 1. The lowest BCUT2D eigenvalue weighted by atomic mass is 10.0. The molecule has 2 rings (SSSR count). The molecule has 96 valence electrons. The van der Waals surface area contributed by atoms with Crippen molar-refractivity contribution in [2.45, 2.75) is 12.0 Å². The molecule has 1 fully saturated rings. The first-order valence-corrected chi connectivity index (χ1v) is 5.33. The predicted molar refractivity (Wildman–Crippen MR) is 61.9 cm³/mol. The van der Waals surface area contributed by atoms with Gasteiger partial charge in [-0.2, -0.15) is 0 Å². The molecule has 5 N–H and O–H groups in total. The number of anilines is 1. The zero-order valence-electron chi connectivity index (χ0n) is 9.54. The Balaban J connectivity index is 2.15. The van der Waals surface area contributed by atoms with Gasteiger partial charge in [-0.1, -0.05) is 0 Å². The molecule has 18 heavy (non-hydrogen) atoms. The largest absolute Gasteiger partial charge is 0.480 e. The van der Waals surface area contributed by atoms with Crippen LogP contribution in [0, 0.1) is 0 Å². The van der Waals surface area contributed by atoms with Gasteiger partial charge < -0.3 is 21.5 Å². The van der Waals surface area contributed by atoms with E-state index in [1.807, 2.05) is 0 Å². The van der Waals surface area contributed by atoms with Crippen molar-refractivity contribution < 1.29 is 14.7 Å². The molecule has 1 saturated heterocycles. The van der Waals surface area contributed by atoms with E-state index in [1.165, 1.54) is 6.07 Å². The lowest BCUT2D eigenvalue weighted by Gasteiger charge is -2.20. The average molecular weight is 251 g/mol. The van der Waals surface area contributed by atoms with Gasteiger partial charge in [0.2, 0.25) is 0 Å². The second-order valence-electron chi connectivity index (χ2n) is 4.27. The van der Waals surface area contributed by atoms with Crippen LogP contribution < -0.4 is 16.4 Å². The molecular formula is C10H13N5O3. The SMILES string of the molecule is NC(=O)c1ccc(N2CCC(N)(C(=O)O)C2)nn1. The van der Waals surface area contributed by atoms with Crippen molar-refractivity contribution in [3.05, 3.63) is 17.8 Å². The summed E-state index contributed by atoms with van der Waals surface area (Å²) in [5.41, 5.74) is 9.60. The molecule has 8 heteroatoms. The van der Waals surface area contributed by atoms with Gasteiger partial charge in [0.15, 0.2) is 11.5 Å². The fourth-order valence-corrected chi connectivity index (χ4v) is 1.83. The molecule has 0 aromatic carbocycles. The van der Waals surface area contributed by atoms with Crippen LogP contribution in [0.2, 0.25) is 0 Å². The summed E-state index contributed by atoms with van der Waals surface area (Å²) in [6, 6.07) is 3.02. The Morgan fingerprint density at radius 3 is 2.56 bits per heavy atom. The Morgan fingerprint density at radius 2 is 2.11 bits per heavy atom. The summed E-state index contributed by atoms with van der Waals surface area (Å²) in [4.78, 5) is 23.5. The van der Waals surface area contributed by atoms with Gasteiger partial charge in [-0.25, -0.2) is 0 Å². The summed E-state index contributed by atoms with van der Waals surface area (Å²) < 4.78 is 0. The van der Waals surface area contributed by atoms with Gasteiger partial charge >= 0.3 is 5.97 Å². The molecule has 0 aliphatic carbocycles. The number of nitrogens with zero attached hydrogens (tertiary/aromatic N) is 3. The molecule has 0 spiro atoms. The number of carbonyl (C=O) groups excluding carboxylic acids is 1. The van der Waals surface area contributed by atoms with Crippen LogP contribution in [0.5, 0.6) is 0 Å². The molecule has 0 bridgehead atoms. The topological polar surface area (TPSA) is 135 Å². The monoisotopic (exact) mass is 251 g/mol. The van der Waals surface area contributed by atoms with Gasteiger partial charge in [-0.15, -0.1) is 10.2 Å². The third-order valence-corrected chi connectivity index (χ3v) is 2.95. The normalized spacial score (nSPS) is 23.1. The second-order valence-corrected chi connectivity index (χ2v) is 4.27. The van der Waals surface area contributed by atoms with Gasteiger partial charge in [-0.05, 0) is 18.6 Å². The highest BCUT2D eigenvalue weighted by atomic mass is 16.4. The molecule has 1 aromatic rings. The van der Waals surface area contributed by atoms with E-state index in [0.717, 1.165) is 0 Å². The van der Waals surface area contributed by atoms with E-state index in [0.29, 0.717) is 18.8 Å². The Bertz CT molecular complexity index is 489. The Hall–Kier alpha value is -2.22. The fraction of sp³-hybridized carbons (Fsp3) is 0.400. The van der Waals surface area contributed by atoms with E-state index in [4.69, 9.17) is 16.6 Å². The van der Waals surface area contributed by atoms with Crippen LogP contribution in [-0.2, 0) is 4.79 Å². The van der Waals surface area contributed by atoms with Gasteiger partial charge in [0.25, 0.3) is 5.91 Å². The standard InChI is InChI=1S/C10H13N5O3/c11-8(16)6-1-2-7(14-13-6)15-4-3-10(12,5-15)9(17)18/h1-2H,3-5,12H2,(H2,11,16)(H,17,18). The first-order chi connectivity index (χ1) is 8.42. The number of hydrogen-bond donors (Lipinski definition) is 3. The van der Waals surface area contributed by atoms with Crippen molar-refractivity contribution in [2.75, 3.05) is 18.0 Å². The minimum Gasteiger partial charge on any atom is -0.480 e. The summed E-state index contributed by atoms with van der Waals surface area (Å²) in [5, 5.41) is 16.5. The molecule has 1 amide bonds. The predicted octanol–water partition coefficient (Wildman–Crippen LogP) is -1.43. The van der Waals surface area contributed by atoms with Crippen LogP contribution in [0.3, 0.4) is 0 Å². The van der Waals surface area contributed by atoms with Gasteiger partial charge in [0, 0.05) is 13.1 Å². The number of aromatic nitrogens is 2. The first-order valence-electron chi connectivity index (χ1n) is 5.33. The van der Waals surface area contributed by atoms with Gasteiger partial charge in [0.1, 0.15) is 5.54 Å². The lowest BCUT2D eigenvalue weighted by Crippen LogP contribution is -2.50. The maximum absolute atomic E-state index is 11.0. The quantitative estimate of drug-likeness (QED) is 0.599. The summed E-state index contributed by atoms with van der Waals surface area (Å²) in [6.07, 6.45) is 0.335. The first kappa shape index (κ1) is 12.2. The third kappa shape index (κ3) is 2.09. The van der Waals surface area contributed by atoms with Gasteiger partial charge in [-0.3, -0.25) is 9.59 Å². The molecule has 1 unspecified atom stereocenters. The second kappa shape index (κ2) is 4.22. The molecule has 2 heterocycles. The Labute approximate surface area is 103 Å². The average Bonchev–Trinajstić information content (AvgIpc) is 2.73. The minimum atomic E-state index is -1.26. The molecule has 0 saturated carbocycles. The summed E-state index contributed by atoms with van der Waals surface area (Å²) in [5.74, 6) is -1.21. The highest BCUT2D eigenvalue weighted by molar-refractivity contribution is 5.90. The molecule has 1 aliphatic rings. The van der Waals surface area contributed by atoms with E-state index < -0.39 is 17.4 Å². The van der Waals surface area contributed by atoms with Crippen LogP contribution >= 0.6 is 0 Å². The molecular weight excluding hydrogens is 238 g/mol. The molecule has 1 aromatic heterocycles. The van der Waals surface area contributed by atoms with Crippen LogP contribution in [0.25, 0.3) is 0 Å². The van der Waals surface area contributed by atoms with E-state index >= 15 is 0 Å². The van der Waals surface area contributed by atoms with E-state index in [-0.39, 0.29) is 12.2 Å². The minimum absolute atomic E-state index is 0.0650. The highest BCUT2D eigenvalue weighted by Crippen LogP contribution is 2.23. The summed E-state index contributed by atoms with van der Waals surface area (Å²) in [7, 11) is 0. The van der Waals surface area contributed by atoms with Crippen LogP contribution in [0.1, 0.15) is 16.9 Å². The van der Waals surface area contributed by atoms with E-state index in [9.17, 15) is 9.59 Å². The van der Waals surface area contributed by atoms with Crippen molar-refractivity contribution in [3.8, 4) is 0 Å². The maximum Gasteiger partial charge on any atom is 0.325 e. The number of carbonyl (C=O) groups is 2. The zero-order valence-corrected chi connectivity index (χ0v) is 9.54. The maximum atomic E-state index is 11.0. The van der Waals surface area contributed by atoms with Crippen LogP contribution in [-0.4, -0.2) is 45.8 Å². The van der Waals surface area contributed by atoms with Crippen molar-refractivity contribution in [1.29, 1.82) is 0 Å². The molecule has 8 nitrogen and oxygen atoms in total. The molecule has 1 atom stereocenters. The van der Waals surface area contributed by atoms with Crippen molar-refractivity contribution in [2.24, 2.45) is 11.5 Å². The number of aliphatic carboxylic acids is 1. The fourth-order valence-electron chi connectivity index (χ4n) is 1.83. The summed E-state index contributed by atoms with van der Waals surface area (Å²) in [6.45, 7) is 0.639. The van der Waals surface area contributed by atoms with E-state index in [1.54, 1.807) is 11.0 Å². The number of carboxylic acid groups (broad SMARTS) is 1.